The van der Waals surface area contributed by atoms with E-state index in [1.807, 2.05) is 12.1 Å². The van der Waals surface area contributed by atoms with E-state index in [0.29, 0.717) is 17.5 Å². The molecule has 3 heteroatoms. The van der Waals surface area contributed by atoms with Crippen molar-refractivity contribution in [3.63, 3.8) is 0 Å². The second-order valence-electron chi connectivity index (χ2n) is 6.00. The molecular weight excluding hydrogens is 254 g/mol. The smallest absolute Gasteiger partial charge is 0.123 e. The number of hydrogen-bond acceptors (Lipinski definition) is 3. The largest absolute Gasteiger partial charge is 0.496 e. The highest BCUT2D eigenvalue weighted by atomic mass is 32.2. The molecule has 0 aliphatic carbocycles. The lowest BCUT2D eigenvalue weighted by atomic mass is 9.81. The Hall–Kier alpha value is -0.670. The number of thioether (sulfide) groups is 1. The van der Waals surface area contributed by atoms with Gasteiger partial charge in [0.25, 0.3) is 0 Å². The molecule has 1 N–H and O–H groups in total. The molecule has 0 spiro atoms. The van der Waals surface area contributed by atoms with Gasteiger partial charge in [0.2, 0.25) is 0 Å². The van der Waals surface area contributed by atoms with Crippen LogP contribution in [-0.2, 0) is 0 Å². The second-order valence-corrected chi connectivity index (χ2v) is 7.15. The van der Waals surface area contributed by atoms with Crippen molar-refractivity contribution in [3.8, 4) is 5.75 Å². The van der Waals surface area contributed by atoms with E-state index >= 15 is 0 Å². The third-order valence-electron chi connectivity index (χ3n) is 4.18. The summed E-state index contributed by atoms with van der Waals surface area (Å²) in [5.74, 6) is 3.46. The Morgan fingerprint density at radius 3 is 2.79 bits per heavy atom. The number of benzene rings is 1. The highest BCUT2D eigenvalue weighted by Crippen LogP contribution is 2.36. The quantitative estimate of drug-likeness (QED) is 0.904. The minimum absolute atomic E-state index is 0.319. The van der Waals surface area contributed by atoms with E-state index in [1.165, 1.54) is 23.5 Å². The van der Waals surface area contributed by atoms with E-state index in [-0.39, 0.29) is 0 Å². The summed E-state index contributed by atoms with van der Waals surface area (Å²) in [6.45, 7) is 6.98. The minimum Gasteiger partial charge on any atom is -0.496 e. The SMILES string of the molecule is COc1ccccc1[C@@H](C)NC1CSCCC1(C)C. The average molecular weight is 279 g/mol. The normalized spacial score (nSPS) is 23.9. The minimum atomic E-state index is 0.319. The van der Waals surface area contributed by atoms with Crippen molar-refractivity contribution in [2.24, 2.45) is 5.41 Å². The molecular formula is C16H25NOS. The zero-order valence-corrected chi connectivity index (χ0v) is 13.2. The molecule has 1 unspecified atom stereocenters. The van der Waals surface area contributed by atoms with E-state index in [9.17, 15) is 0 Å². The Labute approximate surface area is 121 Å². The molecule has 0 amide bonds. The molecule has 1 aliphatic heterocycles. The second kappa shape index (κ2) is 6.19. The van der Waals surface area contributed by atoms with Crippen molar-refractivity contribution in [2.75, 3.05) is 18.6 Å². The lowest BCUT2D eigenvalue weighted by Gasteiger charge is -2.40. The van der Waals surface area contributed by atoms with Gasteiger partial charge in [-0.25, -0.2) is 0 Å². The van der Waals surface area contributed by atoms with Crippen molar-refractivity contribution >= 4 is 11.8 Å². The summed E-state index contributed by atoms with van der Waals surface area (Å²) in [5, 5.41) is 3.80. The summed E-state index contributed by atoms with van der Waals surface area (Å²) in [7, 11) is 1.74. The van der Waals surface area contributed by atoms with Crippen LogP contribution in [0.15, 0.2) is 24.3 Å². The standard InChI is InChI=1S/C16H25NOS/c1-12(13-7-5-6-8-14(13)18-4)17-15-11-19-10-9-16(15,2)3/h5-8,12,15,17H,9-11H2,1-4H3/t12-,15?/m1/s1. The molecule has 1 aromatic carbocycles. The van der Waals surface area contributed by atoms with Gasteiger partial charge in [-0.1, -0.05) is 32.0 Å². The third-order valence-corrected chi connectivity index (χ3v) is 5.24. The first-order valence-electron chi connectivity index (χ1n) is 7.01. The molecule has 1 aromatic rings. The summed E-state index contributed by atoms with van der Waals surface area (Å²) in [4.78, 5) is 0. The molecule has 1 saturated heterocycles. The maximum atomic E-state index is 5.46. The Morgan fingerprint density at radius 1 is 1.37 bits per heavy atom. The fourth-order valence-electron chi connectivity index (χ4n) is 2.63. The molecule has 0 saturated carbocycles. The van der Waals surface area contributed by atoms with Crippen molar-refractivity contribution < 1.29 is 4.74 Å². The monoisotopic (exact) mass is 279 g/mol. The van der Waals surface area contributed by atoms with E-state index in [0.717, 1.165) is 5.75 Å². The maximum absolute atomic E-state index is 5.46. The summed E-state index contributed by atoms with van der Waals surface area (Å²) >= 11 is 2.06. The summed E-state index contributed by atoms with van der Waals surface area (Å²) in [6.07, 6.45) is 1.29. The maximum Gasteiger partial charge on any atom is 0.123 e. The van der Waals surface area contributed by atoms with Gasteiger partial charge < -0.3 is 10.1 Å². The summed E-state index contributed by atoms with van der Waals surface area (Å²) in [5.41, 5.74) is 1.62. The van der Waals surface area contributed by atoms with Crippen LogP contribution in [0.4, 0.5) is 0 Å². The average Bonchev–Trinajstić information content (AvgIpc) is 2.41. The zero-order valence-electron chi connectivity index (χ0n) is 12.4. The lowest BCUT2D eigenvalue weighted by Crippen LogP contribution is -2.47. The van der Waals surface area contributed by atoms with Crippen LogP contribution >= 0.6 is 11.8 Å². The van der Waals surface area contributed by atoms with E-state index in [1.54, 1.807) is 7.11 Å². The number of nitrogens with one attached hydrogen (secondary N) is 1. The summed E-state index contributed by atoms with van der Waals surface area (Å²) in [6, 6.07) is 9.17. The van der Waals surface area contributed by atoms with Gasteiger partial charge in [0.15, 0.2) is 0 Å². The predicted molar refractivity (Wildman–Crippen MR) is 84.1 cm³/mol. The number of para-hydroxylation sites is 1. The van der Waals surface area contributed by atoms with Crippen molar-refractivity contribution in [1.82, 2.24) is 5.32 Å². The third kappa shape index (κ3) is 3.46. The van der Waals surface area contributed by atoms with Gasteiger partial charge in [0.1, 0.15) is 5.75 Å². The molecule has 1 fully saturated rings. The fourth-order valence-corrected chi connectivity index (χ4v) is 4.25. The first-order chi connectivity index (χ1) is 9.04. The molecule has 2 nitrogen and oxygen atoms in total. The van der Waals surface area contributed by atoms with Crippen molar-refractivity contribution in [1.29, 1.82) is 0 Å². The summed E-state index contributed by atoms with van der Waals surface area (Å²) < 4.78 is 5.46. The topological polar surface area (TPSA) is 21.3 Å². The lowest BCUT2D eigenvalue weighted by molar-refractivity contribution is 0.230. The Kier molecular flexibility index (Phi) is 4.80. The van der Waals surface area contributed by atoms with Gasteiger partial charge in [-0.05, 0) is 30.6 Å². The number of ether oxygens (including phenoxy) is 1. The highest BCUT2D eigenvalue weighted by molar-refractivity contribution is 7.99. The first-order valence-corrected chi connectivity index (χ1v) is 8.17. The molecule has 0 bridgehead atoms. The molecule has 0 aromatic heterocycles. The van der Waals surface area contributed by atoms with E-state index in [2.05, 4.69) is 50.0 Å². The molecule has 2 rings (SSSR count). The van der Waals surface area contributed by atoms with Crippen LogP contribution in [0.3, 0.4) is 0 Å². The van der Waals surface area contributed by atoms with Crippen LogP contribution in [0.2, 0.25) is 0 Å². The molecule has 106 valence electrons. The van der Waals surface area contributed by atoms with Gasteiger partial charge in [0.05, 0.1) is 7.11 Å². The Morgan fingerprint density at radius 2 is 2.11 bits per heavy atom. The van der Waals surface area contributed by atoms with Crippen LogP contribution in [0, 0.1) is 5.41 Å². The fraction of sp³-hybridized carbons (Fsp3) is 0.625. The predicted octanol–water partition coefficient (Wildman–Crippen LogP) is 3.88. The van der Waals surface area contributed by atoms with E-state index in [4.69, 9.17) is 4.74 Å². The zero-order chi connectivity index (χ0) is 13.9. The van der Waals surface area contributed by atoms with Gasteiger partial charge >= 0.3 is 0 Å². The van der Waals surface area contributed by atoms with E-state index < -0.39 is 0 Å². The molecule has 19 heavy (non-hydrogen) atoms. The Balaban J connectivity index is 2.09. The van der Waals surface area contributed by atoms with Crippen molar-refractivity contribution in [3.05, 3.63) is 29.8 Å². The molecule has 1 heterocycles. The molecule has 1 aliphatic rings. The molecule has 2 atom stereocenters. The van der Waals surface area contributed by atoms with Crippen LogP contribution in [0.25, 0.3) is 0 Å². The Bertz CT molecular complexity index is 419. The number of hydrogen-bond donors (Lipinski definition) is 1. The van der Waals surface area contributed by atoms with Crippen LogP contribution in [0.5, 0.6) is 5.75 Å². The molecule has 0 radical (unpaired) electrons. The number of rotatable bonds is 4. The van der Waals surface area contributed by atoms with Gasteiger partial charge in [-0.2, -0.15) is 11.8 Å². The van der Waals surface area contributed by atoms with Crippen LogP contribution < -0.4 is 10.1 Å². The van der Waals surface area contributed by atoms with Gasteiger partial charge in [0, 0.05) is 23.4 Å². The van der Waals surface area contributed by atoms with Crippen molar-refractivity contribution in [2.45, 2.75) is 39.3 Å². The van der Waals surface area contributed by atoms with Crippen LogP contribution in [0.1, 0.15) is 38.8 Å². The highest BCUT2D eigenvalue weighted by Gasteiger charge is 2.33. The van der Waals surface area contributed by atoms with Gasteiger partial charge in [-0.15, -0.1) is 0 Å². The van der Waals surface area contributed by atoms with Gasteiger partial charge in [-0.3, -0.25) is 0 Å². The number of methoxy groups -OCH3 is 1. The van der Waals surface area contributed by atoms with Crippen LogP contribution in [-0.4, -0.2) is 24.7 Å². The first kappa shape index (κ1) is 14.7.